The van der Waals surface area contributed by atoms with E-state index < -0.39 is 4.92 Å². The average molecular weight is 239 g/mol. The summed E-state index contributed by atoms with van der Waals surface area (Å²) in [6.07, 6.45) is 1.18. The zero-order valence-corrected chi connectivity index (χ0v) is 9.17. The number of nitrogens with one attached hydrogen (secondary N) is 1. The number of pyridine rings is 1. The van der Waals surface area contributed by atoms with Gasteiger partial charge in [-0.15, -0.1) is 0 Å². The van der Waals surface area contributed by atoms with E-state index in [1.54, 1.807) is 0 Å². The van der Waals surface area contributed by atoms with Gasteiger partial charge in [0.1, 0.15) is 18.9 Å². The first kappa shape index (κ1) is 11.7. The van der Waals surface area contributed by atoms with Crippen LogP contribution in [0.5, 0.6) is 5.88 Å². The van der Waals surface area contributed by atoms with Crippen LogP contribution in [0.4, 0.5) is 5.69 Å². The molecule has 7 nitrogen and oxygen atoms in total. The summed E-state index contributed by atoms with van der Waals surface area (Å²) >= 11 is 0. The van der Waals surface area contributed by atoms with Crippen molar-refractivity contribution in [3.8, 4) is 5.88 Å². The highest BCUT2D eigenvalue weighted by Crippen LogP contribution is 2.13. The molecule has 1 aromatic heterocycles. The minimum Gasteiger partial charge on any atom is -0.475 e. The third-order valence-corrected chi connectivity index (χ3v) is 2.35. The van der Waals surface area contributed by atoms with Crippen LogP contribution in [0.25, 0.3) is 0 Å². The van der Waals surface area contributed by atoms with Crippen molar-refractivity contribution in [3.63, 3.8) is 0 Å². The van der Waals surface area contributed by atoms with Crippen LogP contribution in [0.1, 0.15) is 0 Å². The van der Waals surface area contributed by atoms with E-state index in [0.29, 0.717) is 19.1 Å². The van der Waals surface area contributed by atoms with Crippen LogP contribution < -0.4 is 10.1 Å². The molecule has 1 unspecified atom stereocenters. The maximum atomic E-state index is 10.4. The normalized spacial score (nSPS) is 19.9. The summed E-state index contributed by atoms with van der Waals surface area (Å²) < 4.78 is 10.8. The van der Waals surface area contributed by atoms with Crippen LogP contribution in [0.3, 0.4) is 0 Å². The van der Waals surface area contributed by atoms with Gasteiger partial charge in [0.05, 0.1) is 11.5 Å². The molecule has 0 amide bonds. The van der Waals surface area contributed by atoms with E-state index in [9.17, 15) is 10.1 Å². The Hall–Kier alpha value is -1.73. The monoisotopic (exact) mass is 239 g/mol. The van der Waals surface area contributed by atoms with Gasteiger partial charge >= 0.3 is 0 Å². The first-order valence-electron chi connectivity index (χ1n) is 5.31. The topological polar surface area (TPSA) is 86.5 Å². The lowest BCUT2D eigenvalue weighted by molar-refractivity contribution is -0.385. The van der Waals surface area contributed by atoms with E-state index >= 15 is 0 Å². The molecule has 1 saturated heterocycles. The van der Waals surface area contributed by atoms with Gasteiger partial charge in [-0.2, -0.15) is 0 Å². The van der Waals surface area contributed by atoms with Crippen molar-refractivity contribution < 1.29 is 14.4 Å². The van der Waals surface area contributed by atoms with Gasteiger partial charge in [0.25, 0.3) is 5.69 Å². The molecule has 1 aromatic rings. The largest absolute Gasteiger partial charge is 0.475 e. The predicted molar refractivity (Wildman–Crippen MR) is 59.0 cm³/mol. The number of nitro groups is 1. The Labute approximate surface area is 97.9 Å². The Morgan fingerprint density at radius 3 is 3.12 bits per heavy atom. The lowest BCUT2D eigenvalue weighted by Gasteiger charge is -2.23. The van der Waals surface area contributed by atoms with Gasteiger partial charge in [-0.05, 0) is 0 Å². The highest BCUT2D eigenvalue weighted by Gasteiger charge is 2.14. The molecule has 17 heavy (non-hydrogen) atoms. The van der Waals surface area contributed by atoms with Crippen LogP contribution in [0.15, 0.2) is 18.3 Å². The smallest absolute Gasteiger partial charge is 0.287 e. The Morgan fingerprint density at radius 2 is 2.53 bits per heavy atom. The van der Waals surface area contributed by atoms with Crippen molar-refractivity contribution in [3.05, 3.63) is 28.4 Å². The van der Waals surface area contributed by atoms with Gasteiger partial charge < -0.3 is 14.8 Å². The second kappa shape index (κ2) is 5.55. The molecule has 0 aliphatic carbocycles. The zero-order valence-electron chi connectivity index (χ0n) is 9.17. The second-order valence-electron chi connectivity index (χ2n) is 3.62. The maximum Gasteiger partial charge on any atom is 0.287 e. The summed E-state index contributed by atoms with van der Waals surface area (Å²) in [5, 5.41) is 13.6. The third kappa shape index (κ3) is 3.36. The molecule has 2 heterocycles. The van der Waals surface area contributed by atoms with Crippen molar-refractivity contribution in [1.29, 1.82) is 0 Å². The summed E-state index contributed by atoms with van der Waals surface area (Å²) in [5.74, 6) is 0.366. The summed E-state index contributed by atoms with van der Waals surface area (Å²) in [6, 6.07) is 2.84. The molecule has 0 aromatic carbocycles. The molecule has 1 N–H and O–H groups in total. The fraction of sp³-hybridized carbons (Fsp3) is 0.500. The van der Waals surface area contributed by atoms with Gasteiger partial charge in [0.15, 0.2) is 0 Å². The maximum absolute atomic E-state index is 10.4. The Kier molecular flexibility index (Phi) is 3.84. The molecule has 1 fully saturated rings. The lowest BCUT2D eigenvalue weighted by atomic mass is 10.3. The summed E-state index contributed by atoms with van der Waals surface area (Å²) in [6.45, 7) is 2.65. The van der Waals surface area contributed by atoms with Crippen LogP contribution in [0, 0.1) is 10.1 Å². The number of ether oxygens (including phenoxy) is 2. The number of aromatic nitrogens is 1. The van der Waals surface area contributed by atoms with Gasteiger partial charge in [0, 0.05) is 25.2 Å². The van der Waals surface area contributed by atoms with Crippen molar-refractivity contribution in [1.82, 2.24) is 10.3 Å². The zero-order chi connectivity index (χ0) is 12.1. The molecule has 92 valence electrons. The van der Waals surface area contributed by atoms with E-state index in [0.717, 1.165) is 13.1 Å². The molecule has 0 bridgehead atoms. The fourth-order valence-electron chi connectivity index (χ4n) is 1.47. The fourth-order valence-corrected chi connectivity index (χ4v) is 1.47. The van der Waals surface area contributed by atoms with Gasteiger partial charge in [-0.1, -0.05) is 0 Å². The first-order chi connectivity index (χ1) is 8.25. The molecule has 1 aliphatic heterocycles. The van der Waals surface area contributed by atoms with Crippen molar-refractivity contribution in [2.45, 2.75) is 6.10 Å². The number of morpholine rings is 1. The van der Waals surface area contributed by atoms with Gasteiger partial charge in [0.2, 0.25) is 5.88 Å². The number of hydrogen-bond acceptors (Lipinski definition) is 6. The molecule has 2 rings (SSSR count). The highest BCUT2D eigenvalue weighted by atomic mass is 16.6. The van der Waals surface area contributed by atoms with Crippen LogP contribution >= 0.6 is 0 Å². The SMILES string of the molecule is O=[N+]([O-])c1ccc(OCC2CNCCO2)nc1. The molecular weight excluding hydrogens is 226 g/mol. The van der Waals surface area contributed by atoms with Crippen molar-refractivity contribution >= 4 is 5.69 Å². The minimum absolute atomic E-state index is 0.000687. The first-order valence-corrected chi connectivity index (χ1v) is 5.31. The average Bonchev–Trinajstić information content (AvgIpc) is 2.38. The molecule has 0 saturated carbocycles. The van der Waals surface area contributed by atoms with Crippen LogP contribution in [-0.4, -0.2) is 42.3 Å². The molecular formula is C10H13N3O4. The standard InChI is InChI=1S/C10H13N3O4/c14-13(15)8-1-2-10(12-5-8)17-7-9-6-11-3-4-16-9/h1-2,5,9,11H,3-4,6-7H2. The van der Waals surface area contributed by atoms with Gasteiger partial charge in [-0.3, -0.25) is 10.1 Å². The van der Waals surface area contributed by atoms with E-state index in [1.165, 1.54) is 18.3 Å². The molecule has 1 aliphatic rings. The Bertz CT molecular complexity index is 376. The van der Waals surface area contributed by atoms with Crippen molar-refractivity contribution in [2.75, 3.05) is 26.3 Å². The van der Waals surface area contributed by atoms with E-state index in [2.05, 4.69) is 10.3 Å². The highest BCUT2D eigenvalue weighted by molar-refractivity contribution is 5.28. The molecule has 1 atom stereocenters. The lowest BCUT2D eigenvalue weighted by Crippen LogP contribution is -2.41. The third-order valence-electron chi connectivity index (χ3n) is 2.35. The molecule has 0 radical (unpaired) electrons. The van der Waals surface area contributed by atoms with E-state index in [-0.39, 0.29) is 11.8 Å². The van der Waals surface area contributed by atoms with Gasteiger partial charge in [-0.25, -0.2) is 4.98 Å². The number of rotatable bonds is 4. The summed E-state index contributed by atoms with van der Waals surface area (Å²) in [4.78, 5) is 13.8. The summed E-state index contributed by atoms with van der Waals surface area (Å²) in [7, 11) is 0. The summed E-state index contributed by atoms with van der Waals surface area (Å²) in [5.41, 5.74) is -0.0482. The minimum atomic E-state index is -0.495. The van der Waals surface area contributed by atoms with Crippen LogP contribution in [-0.2, 0) is 4.74 Å². The number of hydrogen-bond donors (Lipinski definition) is 1. The quantitative estimate of drug-likeness (QED) is 0.603. The second-order valence-corrected chi connectivity index (χ2v) is 3.62. The molecule has 7 heteroatoms. The number of nitrogens with zero attached hydrogens (tertiary/aromatic N) is 2. The van der Waals surface area contributed by atoms with Crippen LogP contribution in [0.2, 0.25) is 0 Å². The Balaban J connectivity index is 1.84. The van der Waals surface area contributed by atoms with Crippen molar-refractivity contribution in [2.24, 2.45) is 0 Å². The predicted octanol–water partition coefficient (Wildman–Crippen LogP) is 0.357. The molecule has 0 spiro atoms. The Morgan fingerprint density at radius 1 is 1.65 bits per heavy atom. The van der Waals surface area contributed by atoms with E-state index in [1.807, 2.05) is 0 Å². The van der Waals surface area contributed by atoms with E-state index in [4.69, 9.17) is 9.47 Å².